The van der Waals surface area contributed by atoms with Crippen LogP contribution in [0.15, 0.2) is 60.8 Å². The van der Waals surface area contributed by atoms with E-state index in [1.54, 1.807) is 37.4 Å². The Kier molecular flexibility index (Phi) is 9.95. The van der Waals surface area contributed by atoms with Crippen LogP contribution in [0.25, 0.3) is 10.9 Å². The summed E-state index contributed by atoms with van der Waals surface area (Å²) in [6, 6.07) is 17.0. The molecule has 0 radical (unpaired) electrons. The predicted molar refractivity (Wildman–Crippen MR) is 181 cm³/mol. The van der Waals surface area contributed by atoms with Gasteiger partial charge >= 0.3 is 0 Å². The SMILES string of the molecule is COc1cccc2c(C(=O)NCc3ccc(Cl)c(Cl)c3)cn(CCCN3C4CCC3CN(CC(=O)c3cc(Cl)cc(Cl)c3)C4)c12. The van der Waals surface area contributed by atoms with Crippen LogP contribution in [0.2, 0.25) is 20.1 Å². The van der Waals surface area contributed by atoms with Crippen LogP contribution in [-0.4, -0.2) is 71.4 Å². The van der Waals surface area contributed by atoms with Crippen LogP contribution in [-0.2, 0) is 13.1 Å². The number of nitrogens with zero attached hydrogens (tertiary/aromatic N) is 3. The highest BCUT2D eigenvalue weighted by atomic mass is 35.5. The topological polar surface area (TPSA) is 66.8 Å². The van der Waals surface area contributed by atoms with Crippen molar-refractivity contribution in [1.82, 2.24) is 19.7 Å². The highest BCUT2D eigenvalue weighted by Gasteiger charge is 2.39. The lowest BCUT2D eigenvalue weighted by atomic mass is 10.1. The van der Waals surface area contributed by atoms with E-state index in [9.17, 15) is 9.59 Å². The molecule has 3 heterocycles. The van der Waals surface area contributed by atoms with Gasteiger partial charge in [0.15, 0.2) is 5.78 Å². The zero-order valence-corrected chi connectivity index (χ0v) is 27.9. The highest BCUT2D eigenvalue weighted by Crippen LogP contribution is 2.33. The smallest absolute Gasteiger partial charge is 0.253 e. The molecule has 11 heteroatoms. The average molecular weight is 688 g/mol. The standard InChI is InChI=1S/C34H34Cl4N4O3/c1-45-32-5-2-4-27-28(34(44)39-16-21-6-9-29(37)30(38)12-21)19-41(33(27)32)10-3-11-42-25-7-8-26(42)18-40(17-25)20-31(43)22-13-23(35)15-24(36)14-22/h2,4-6,9,12-15,19,25-26H,3,7-8,10-11,16-18,20H2,1H3,(H,39,44). The predicted octanol–water partition coefficient (Wildman–Crippen LogP) is 7.62. The number of ketones is 1. The van der Waals surface area contributed by atoms with Crippen molar-refractivity contribution in [2.75, 3.05) is 33.3 Å². The molecule has 0 aliphatic carbocycles. The lowest BCUT2D eigenvalue weighted by Crippen LogP contribution is -2.54. The molecular formula is C34H34Cl4N4O3. The van der Waals surface area contributed by atoms with E-state index < -0.39 is 0 Å². The Morgan fingerprint density at radius 1 is 0.911 bits per heavy atom. The van der Waals surface area contributed by atoms with Gasteiger partial charge in [0.1, 0.15) is 5.75 Å². The van der Waals surface area contributed by atoms with Crippen molar-refractivity contribution in [3.8, 4) is 5.75 Å². The van der Waals surface area contributed by atoms with Crippen molar-refractivity contribution < 1.29 is 14.3 Å². The van der Waals surface area contributed by atoms with Crippen molar-refractivity contribution in [3.63, 3.8) is 0 Å². The van der Waals surface area contributed by atoms with Crippen molar-refractivity contribution in [2.24, 2.45) is 0 Å². The highest BCUT2D eigenvalue weighted by molar-refractivity contribution is 6.42. The number of piperazine rings is 1. The molecule has 7 nitrogen and oxygen atoms in total. The number of amides is 1. The maximum Gasteiger partial charge on any atom is 0.253 e. The maximum absolute atomic E-state index is 13.4. The summed E-state index contributed by atoms with van der Waals surface area (Å²) in [6.45, 7) is 4.10. The molecule has 1 N–H and O–H groups in total. The number of rotatable bonds is 11. The molecule has 2 atom stereocenters. The number of benzene rings is 3. The minimum Gasteiger partial charge on any atom is -0.495 e. The van der Waals surface area contributed by atoms with Crippen LogP contribution in [0.4, 0.5) is 0 Å². The molecule has 2 bridgehead atoms. The lowest BCUT2D eigenvalue weighted by molar-refractivity contribution is 0.0588. The number of likely N-dealkylation sites (tertiary alicyclic amines) is 1. The van der Waals surface area contributed by atoms with E-state index in [0.717, 1.165) is 67.7 Å². The summed E-state index contributed by atoms with van der Waals surface area (Å²) in [7, 11) is 1.65. The number of carbonyl (C=O) groups excluding carboxylic acids is 2. The Morgan fingerprint density at radius 3 is 2.33 bits per heavy atom. The Hall–Kier alpha value is -2.78. The van der Waals surface area contributed by atoms with Gasteiger partial charge in [0.2, 0.25) is 0 Å². The third kappa shape index (κ3) is 7.14. The molecule has 2 aliphatic rings. The molecule has 2 aliphatic heterocycles. The number of hydrogen-bond acceptors (Lipinski definition) is 5. The summed E-state index contributed by atoms with van der Waals surface area (Å²) < 4.78 is 7.84. The molecule has 4 aromatic rings. The van der Waals surface area contributed by atoms with Gasteiger partial charge in [-0.25, -0.2) is 0 Å². The summed E-state index contributed by atoms with van der Waals surface area (Å²) >= 11 is 24.4. The summed E-state index contributed by atoms with van der Waals surface area (Å²) in [6.07, 6.45) is 5.10. The molecular weight excluding hydrogens is 654 g/mol. The van der Waals surface area contributed by atoms with Gasteiger partial charge in [-0.15, -0.1) is 0 Å². The van der Waals surface area contributed by atoms with Crippen molar-refractivity contribution in [1.29, 1.82) is 0 Å². The number of ether oxygens (including phenoxy) is 1. The van der Waals surface area contributed by atoms with Crippen LogP contribution in [0.3, 0.4) is 0 Å². The number of aromatic nitrogens is 1. The maximum atomic E-state index is 13.4. The molecule has 2 fully saturated rings. The fourth-order valence-corrected chi connectivity index (χ4v) is 7.63. The van der Waals surface area contributed by atoms with Crippen molar-refractivity contribution >= 4 is 69.0 Å². The first-order valence-corrected chi connectivity index (χ1v) is 16.6. The van der Waals surface area contributed by atoms with Crippen LogP contribution >= 0.6 is 46.4 Å². The van der Waals surface area contributed by atoms with Crippen LogP contribution in [0.1, 0.15) is 45.5 Å². The quantitative estimate of drug-likeness (QED) is 0.164. The number of hydrogen-bond donors (Lipinski definition) is 1. The molecule has 6 rings (SSSR count). The van der Waals surface area contributed by atoms with Crippen molar-refractivity contribution in [2.45, 2.75) is 44.4 Å². The molecule has 2 unspecified atom stereocenters. The first-order valence-electron chi connectivity index (χ1n) is 15.1. The number of nitrogens with one attached hydrogen (secondary N) is 1. The Balaban J connectivity index is 1.09. The summed E-state index contributed by atoms with van der Waals surface area (Å²) in [5, 5.41) is 5.75. The first-order chi connectivity index (χ1) is 21.7. The number of Topliss-reactive ketones (excluding diaryl/α,β-unsaturated/α-hetero) is 1. The largest absolute Gasteiger partial charge is 0.495 e. The van der Waals surface area contributed by atoms with E-state index in [4.69, 9.17) is 51.1 Å². The summed E-state index contributed by atoms with van der Waals surface area (Å²) in [5.74, 6) is 0.606. The van der Waals surface area contributed by atoms with E-state index in [1.807, 2.05) is 30.5 Å². The summed E-state index contributed by atoms with van der Waals surface area (Å²) in [5.41, 5.74) is 2.93. The zero-order valence-electron chi connectivity index (χ0n) is 24.9. The molecule has 236 valence electrons. The normalized spacial score (nSPS) is 18.4. The van der Waals surface area contributed by atoms with Gasteiger partial charge < -0.3 is 14.6 Å². The number of carbonyl (C=O) groups is 2. The Labute approximate surface area is 282 Å². The van der Waals surface area contributed by atoms with E-state index in [0.29, 0.717) is 56.4 Å². The molecule has 2 saturated heterocycles. The second-order valence-corrected chi connectivity index (χ2v) is 13.5. The van der Waals surface area contributed by atoms with Gasteiger partial charge in [0, 0.05) is 72.0 Å². The molecule has 45 heavy (non-hydrogen) atoms. The fraction of sp³-hybridized carbons (Fsp3) is 0.353. The van der Waals surface area contributed by atoms with Crippen molar-refractivity contribution in [3.05, 3.63) is 97.6 Å². The van der Waals surface area contributed by atoms with Crippen LogP contribution < -0.4 is 10.1 Å². The molecule has 3 aromatic carbocycles. The molecule has 1 amide bonds. The number of para-hydroxylation sites is 1. The van der Waals surface area contributed by atoms with Crippen LogP contribution in [0.5, 0.6) is 5.75 Å². The summed E-state index contributed by atoms with van der Waals surface area (Å²) in [4.78, 5) is 31.2. The van der Waals surface area contributed by atoms with E-state index in [-0.39, 0.29) is 11.7 Å². The van der Waals surface area contributed by atoms with E-state index in [1.165, 1.54) is 0 Å². The number of aryl methyl sites for hydroxylation is 1. The third-order valence-electron chi connectivity index (χ3n) is 8.84. The van der Waals surface area contributed by atoms with Gasteiger partial charge in [-0.1, -0.05) is 64.6 Å². The second-order valence-electron chi connectivity index (χ2n) is 11.8. The van der Waals surface area contributed by atoms with E-state index in [2.05, 4.69) is 19.7 Å². The van der Waals surface area contributed by atoms with Gasteiger partial charge in [-0.2, -0.15) is 0 Å². The van der Waals surface area contributed by atoms with Gasteiger partial charge in [0.25, 0.3) is 5.91 Å². The minimum absolute atomic E-state index is 0.0393. The van der Waals surface area contributed by atoms with Gasteiger partial charge in [-0.05, 0) is 61.2 Å². The van der Waals surface area contributed by atoms with Gasteiger partial charge in [-0.3, -0.25) is 19.4 Å². The third-order valence-corrected chi connectivity index (χ3v) is 10.0. The van der Waals surface area contributed by atoms with E-state index >= 15 is 0 Å². The number of fused-ring (bicyclic) bond motifs is 3. The van der Waals surface area contributed by atoms with Gasteiger partial charge in [0.05, 0.1) is 34.8 Å². The average Bonchev–Trinajstić information content (AvgIpc) is 3.50. The Morgan fingerprint density at radius 2 is 1.64 bits per heavy atom. The lowest BCUT2D eigenvalue weighted by Gasteiger charge is -2.41. The second kappa shape index (κ2) is 13.9. The minimum atomic E-state index is -0.165. The number of halogens is 4. The molecule has 1 aromatic heterocycles. The molecule has 0 spiro atoms. The number of methoxy groups -OCH3 is 1. The molecule has 0 saturated carbocycles. The monoisotopic (exact) mass is 686 g/mol. The fourth-order valence-electron chi connectivity index (χ4n) is 6.78. The first kappa shape index (κ1) is 32.2. The zero-order chi connectivity index (χ0) is 31.7. The Bertz CT molecular complexity index is 1710. The van der Waals surface area contributed by atoms with Crippen LogP contribution in [0, 0.1) is 0 Å².